The maximum absolute atomic E-state index is 9.90. The van der Waals surface area contributed by atoms with Gasteiger partial charge in [-0.05, 0) is 37.3 Å². The fourth-order valence-electron chi connectivity index (χ4n) is 1.74. The van der Waals surface area contributed by atoms with Crippen molar-refractivity contribution in [1.29, 1.82) is 0 Å². The van der Waals surface area contributed by atoms with Crippen LogP contribution in [0.25, 0.3) is 0 Å². The molecular formula is C12H16O2. The number of aliphatic hydroxyl groups excluding tert-OH is 1. The first-order chi connectivity index (χ1) is 6.60. The Hall–Kier alpha value is -0.860. The quantitative estimate of drug-likeness (QED) is 0.763. The summed E-state index contributed by atoms with van der Waals surface area (Å²) in [6.45, 7) is 1.78. The second-order valence-corrected chi connectivity index (χ2v) is 4.29. The van der Waals surface area contributed by atoms with Crippen LogP contribution in [0.3, 0.4) is 0 Å². The van der Waals surface area contributed by atoms with Gasteiger partial charge in [-0.2, -0.15) is 0 Å². The van der Waals surface area contributed by atoms with Gasteiger partial charge in [0, 0.05) is 0 Å². The molecule has 76 valence electrons. The van der Waals surface area contributed by atoms with Gasteiger partial charge in [0.05, 0.1) is 11.7 Å². The van der Waals surface area contributed by atoms with Crippen molar-refractivity contribution in [3.63, 3.8) is 0 Å². The summed E-state index contributed by atoms with van der Waals surface area (Å²) in [6.07, 6.45) is 2.07. The molecule has 0 aromatic heterocycles. The lowest BCUT2D eigenvalue weighted by Crippen LogP contribution is -2.08. The van der Waals surface area contributed by atoms with Crippen LogP contribution in [-0.2, 0) is 12.0 Å². The molecule has 1 aliphatic carbocycles. The molecule has 0 saturated heterocycles. The smallest absolute Gasteiger partial charge is 0.0899 e. The molecule has 0 bridgehead atoms. The van der Waals surface area contributed by atoms with E-state index in [1.807, 2.05) is 24.3 Å². The molecule has 1 aromatic carbocycles. The number of benzene rings is 1. The van der Waals surface area contributed by atoms with Crippen molar-refractivity contribution in [2.75, 3.05) is 0 Å². The van der Waals surface area contributed by atoms with Gasteiger partial charge in [-0.15, -0.1) is 0 Å². The molecule has 1 aromatic rings. The molecule has 1 saturated carbocycles. The monoisotopic (exact) mass is 192 g/mol. The minimum Gasteiger partial charge on any atom is -0.393 e. The topological polar surface area (TPSA) is 40.5 Å². The Kier molecular flexibility index (Phi) is 2.33. The van der Waals surface area contributed by atoms with Gasteiger partial charge in [0.25, 0.3) is 0 Å². The molecule has 1 unspecified atom stereocenters. The Morgan fingerprint density at radius 2 is 2.14 bits per heavy atom. The van der Waals surface area contributed by atoms with E-state index in [0.717, 1.165) is 24.0 Å². The molecular weight excluding hydrogens is 176 g/mol. The summed E-state index contributed by atoms with van der Waals surface area (Å²) in [7, 11) is 0. The Morgan fingerprint density at radius 3 is 2.71 bits per heavy atom. The molecule has 0 spiro atoms. The Labute approximate surface area is 84.2 Å². The largest absolute Gasteiger partial charge is 0.393 e. The number of aliphatic hydroxyl groups is 2. The summed E-state index contributed by atoms with van der Waals surface area (Å²) in [5.41, 5.74) is 1.53. The number of hydrogen-bond acceptors (Lipinski definition) is 2. The van der Waals surface area contributed by atoms with Crippen molar-refractivity contribution in [2.24, 2.45) is 0 Å². The van der Waals surface area contributed by atoms with Gasteiger partial charge in [0.2, 0.25) is 0 Å². The predicted octanol–water partition coefficient (Wildman–Crippen LogP) is 1.59. The molecule has 2 N–H and O–H groups in total. The van der Waals surface area contributed by atoms with Crippen LogP contribution in [0.5, 0.6) is 0 Å². The van der Waals surface area contributed by atoms with Crippen molar-refractivity contribution >= 4 is 0 Å². The zero-order valence-electron chi connectivity index (χ0n) is 8.40. The van der Waals surface area contributed by atoms with E-state index >= 15 is 0 Å². The predicted molar refractivity (Wildman–Crippen MR) is 55.0 cm³/mol. The lowest BCUT2D eigenvalue weighted by Gasteiger charge is -2.10. The highest BCUT2D eigenvalue weighted by atomic mass is 16.3. The van der Waals surface area contributed by atoms with E-state index in [-0.39, 0.29) is 6.10 Å². The minimum atomic E-state index is -0.561. The highest BCUT2D eigenvalue weighted by Gasteiger charge is 2.41. The maximum Gasteiger partial charge on any atom is 0.0899 e. The van der Waals surface area contributed by atoms with Crippen molar-refractivity contribution < 1.29 is 10.2 Å². The van der Waals surface area contributed by atoms with E-state index in [0.29, 0.717) is 6.42 Å². The van der Waals surface area contributed by atoms with E-state index < -0.39 is 5.60 Å². The van der Waals surface area contributed by atoms with Gasteiger partial charge >= 0.3 is 0 Å². The highest BCUT2D eigenvalue weighted by Crippen LogP contribution is 2.45. The Morgan fingerprint density at radius 1 is 1.43 bits per heavy atom. The molecule has 1 atom stereocenters. The third-order valence-electron chi connectivity index (χ3n) is 2.72. The van der Waals surface area contributed by atoms with Crippen LogP contribution < -0.4 is 0 Å². The molecule has 1 fully saturated rings. The highest BCUT2D eigenvalue weighted by molar-refractivity contribution is 5.31. The summed E-state index contributed by atoms with van der Waals surface area (Å²) in [4.78, 5) is 0. The molecule has 2 nitrogen and oxygen atoms in total. The van der Waals surface area contributed by atoms with E-state index in [2.05, 4.69) is 0 Å². The summed E-state index contributed by atoms with van der Waals surface area (Å²) in [5.74, 6) is 0. The molecule has 0 heterocycles. The van der Waals surface area contributed by atoms with Crippen LogP contribution in [-0.4, -0.2) is 16.3 Å². The first-order valence-corrected chi connectivity index (χ1v) is 5.10. The number of hydrogen-bond donors (Lipinski definition) is 2. The lowest BCUT2D eigenvalue weighted by atomic mass is 10.0. The number of rotatable bonds is 3. The zero-order chi connectivity index (χ0) is 10.2. The maximum atomic E-state index is 9.90. The third-order valence-corrected chi connectivity index (χ3v) is 2.72. The SMILES string of the molecule is CC(O)Cc1cccc(C2(O)CC2)c1. The van der Waals surface area contributed by atoms with Crippen molar-refractivity contribution in [2.45, 2.75) is 37.9 Å². The molecule has 0 amide bonds. The summed E-state index contributed by atoms with van der Waals surface area (Å²) >= 11 is 0. The molecule has 0 aliphatic heterocycles. The lowest BCUT2D eigenvalue weighted by molar-refractivity contribution is 0.151. The van der Waals surface area contributed by atoms with Crippen LogP contribution in [0.2, 0.25) is 0 Å². The Balaban J connectivity index is 2.19. The summed E-state index contributed by atoms with van der Waals surface area (Å²) < 4.78 is 0. The minimum absolute atomic E-state index is 0.320. The average Bonchev–Trinajstić information content (AvgIpc) is 2.84. The van der Waals surface area contributed by atoms with Gasteiger partial charge in [0.1, 0.15) is 0 Å². The average molecular weight is 192 g/mol. The molecule has 0 radical (unpaired) electrons. The summed E-state index contributed by atoms with van der Waals surface area (Å²) in [6, 6.07) is 7.89. The second-order valence-electron chi connectivity index (χ2n) is 4.29. The first-order valence-electron chi connectivity index (χ1n) is 5.10. The summed E-state index contributed by atoms with van der Waals surface area (Å²) in [5, 5.41) is 19.1. The fourth-order valence-corrected chi connectivity index (χ4v) is 1.74. The van der Waals surface area contributed by atoms with Gasteiger partial charge in [0.15, 0.2) is 0 Å². The van der Waals surface area contributed by atoms with Gasteiger partial charge in [-0.1, -0.05) is 24.3 Å². The van der Waals surface area contributed by atoms with E-state index in [4.69, 9.17) is 0 Å². The van der Waals surface area contributed by atoms with Crippen molar-refractivity contribution in [3.05, 3.63) is 35.4 Å². The third kappa shape index (κ3) is 1.97. The standard InChI is InChI=1S/C12H16O2/c1-9(13)7-10-3-2-4-11(8-10)12(14)5-6-12/h2-4,8-9,13-14H,5-7H2,1H3. The van der Waals surface area contributed by atoms with Gasteiger partial charge < -0.3 is 10.2 Å². The van der Waals surface area contributed by atoms with E-state index in [1.165, 1.54) is 0 Å². The van der Waals surface area contributed by atoms with Crippen LogP contribution in [0.1, 0.15) is 30.9 Å². The molecule has 1 aliphatic rings. The zero-order valence-corrected chi connectivity index (χ0v) is 8.40. The van der Waals surface area contributed by atoms with E-state index in [1.54, 1.807) is 6.92 Å². The first kappa shape index (κ1) is 9.69. The van der Waals surface area contributed by atoms with Crippen LogP contribution in [0, 0.1) is 0 Å². The molecule has 14 heavy (non-hydrogen) atoms. The van der Waals surface area contributed by atoms with E-state index in [9.17, 15) is 10.2 Å². The van der Waals surface area contributed by atoms with Crippen LogP contribution >= 0.6 is 0 Å². The Bertz CT molecular complexity index is 327. The normalized spacial score (nSPS) is 20.5. The van der Waals surface area contributed by atoms with Gasteiger partial charge in [-0.3, -0.25) is 0 Å². The van der Waals surface area contributed by atoms with Crippen LogP contribution in [0.4, 0.5) is 0 Å². The second kappa shape index (κ2) is 3.37. The molecule has 2 heteroatoms. The fraction of sp³-hybridized carbons (Fsp3) is 0.500. The van der Waals surface area contributed by atoms with Gasteiger partial charge in [-0.25, -0.2) is 0 Å². The van der Waals surface area contributed by atoms with Crippen molar-refractivity contribution in [3.8, 4) is 0 Å². The molecule has 2 rings (SSSR count). The van der Waals surface area contributed by atoms with Crippen molar-refractivity contribution in [1.82, 2.24) is 0 Å². The van der Waals surface area contributed by atoms with Crippen LogP contribution in [0.15, 0.2) is 24.3 Å².